The number of hydrogen-bond donors (Lipinski definition) is 0. The van der Waals surface area contributed by atoms with E-state index in [0.29, 0.717) is 0 Å². The first-order valence-electron chi connectivity index (χ1n) is 3.81. The van der Waals surface area contributed by atoms with Crippen molar-refractivity contribution in [1.29, 1.82) is 0 Å². The van der Waals surface area contributed by atoms with Crippen LogP contribution in [0, 0.1) is 0 Å². The number of thiophene rings is 1. The monoisotopic (exact) mass is 270 g/mol. The van der Waals surface area contributed by atoms with Crippen molar-refractivity contribution in [2.24, 2.45) is 0 Å². The molecule has 1 aromatic heterocycles. The van der Waals surface area contributed by atoms with E-state index in [2.05, 4.69) is 51.6 Å². The third-order valence-electron chi connectivity index (χ3n) is 1.51. The molecule has 13 heavy (non-hydrogen) atoms. The second-order valence-electron chi connectivity index (χ2n) is 2.49. The summed E-state index contributed by atoms with van der Waals surface area (Å²) in [6, 6.07) is 12.6. The van der Waals surface area contributed by atoms with Crippen LogP contribution in [0.15, 0.2) is 55.4 Å². The summed E-state index contributed by atoms with van der Waals surface area (Å²) in [5, 5.41) is 2.10. The minimum atomic E-state index is 1.13. The molecule has 0 amide bonds. The van der Waals surface area contributed by atoms with Gasteiger partial charge in [-0.3, -0.25) is 0 Å². The van der Waals surface area contributed by atoms with Crippen LogP contribution in [0.25, 0.3) is 0 Å². The standard InChI is InChI=1S/C10H7BrS2/c11-8-3-1-4-9(7-8)13-10-5-2-6-12-10/h1-7H. The van der Waals surface area contributed by atoms with Gasteiger partial charge in [0.2, 0.25) is 0 Å². The first kappa shape index (κ1) is 9.31. The third-order valence-corrected chi connectivity index (χ3v) is 4.03. The highest BCUT2D eigenvalue weighted by Crippen LogP contribution is 2.32. The molecule has 0 nitrogen and oxygen atoms in total. The zero-order chi connectivity index (χ0) is 9.10. The molecule has 2 aromatic rings. The third kappa shape index (κ3) is 2.59. The lowest BCUT2D eigenvalue weighted by molar-refractivity contribution is 1.43. The molecule has 0 saturated heterocycles. The SMILES string of the molecule is Brc1cccc(Sc2cccs2)c1. The molecule has 0 fully saturated rings. The highest BCUT2D eigenvalue weighted by molar-refractivity contribution is 9.10. The number of halogens is 1. The largest absolute Gasteiger partial charge is 0.137 e. The van der Waals surface area contributed by atoms with Gasteiger partial charge in [-0.05, 0) is 29.6 Å². The Morgan fingerprint density at radius 2 is 2.08 bits per heavy atom. The van der Waals surface area contributed by atoms with E-state index in [1.165, 1.54) is 9.10 Å². The molecule has 66 valence electrons. The predicted octanol–water partition coefficient (Wildman–Crippen LogP) is 4.66. The molecule has 0 saturated carbocycles. The number of rotatable bonds is 2. The van der Waals surface area contributed by atoms with Crippen molar-refractivity contribution in [2.45, 2.75) is 9.10 Å². The Kier molecular flexibility index (Phi) is 3.09. The van der Waals surface area contributed by atoms with Crippen molar-refractivity contribution in [2.75, 3.05) is 0 Å². The van der Waals surface area contributed by atoms with E-state index in [1.807, 2.05) is 6.07 Å². The fraction of sp³-hybridized carbons (Fsp3) is 0. The van der Waals surface area contributed by atoms with Crippen LogP contribution in [0.2, 0.25) is 0 Å². The average molecular weight is 271 g/mol. The van der Waals surface area contributed by atoms with E-state index in [9.17, 15) is 0 Å². The van der Waals surface area contributed by atoms with Crippen molar-refractivity contribution in [1.82, 2.24) is 0 Å². The van der Waals surface area contributed by atoms with Crippen LogP contribution >= 0.6 is 39.0 Å². The molecule has 0 spiro atoms. The molecule has 0 aliphatic heterocycles. The highest BCUT2D eigenvalue weighted by atomic mass is 79.9. The summed E-state index contributed by atoms with van der Waals surface area (Å²) in [6.07, 6.45) is 0. The van der Waals surface area contributed by atoms with Crippen LogP contribution in [0.3, 0.4) is 0 Å². The normalized spacial score (nSPS) is 10.2. The van der Waals surface area contributed by atoms with Crippen LogP contribution in [-0.2, 0) is 0 Å². The quantitative estimate of drug-likeness (QED) is 0.765. The molecular formula is C10H7BrS2. The lowest BCUT2D eigenvalue weighted by Crippen LogP contribution is -1.69. The minimum Gasteiger partial charge on any atom is -0.137 e. The predicted molar refractivity (Wildman–Crippen MR) is 62.6 cm³/mol. The van der Waals surface area contributed by atoms with E-state index in [4.69, 9.17) is 0 Å². The van der Waals surface area contributed by atoms with Crippen LogP contribution in [0.1, 0.15) is 0 Å². The summed E-state index contributed by atoms with van der Waals surface area (Å²) in [5.41, 5.74) is 0. The van der Waals surface area contributed by atoms with Crippen LogP contribution in [0.4, 0.5) is 0 Å². The van der Waals surface area contributed by atoms with Gasteiger partial charge in [0.25, 0.3) is 0 Å². The fourth-order valence-corrected chi connectivity index (χ4v) is 3.33. The van der Waals surface area contributed by atoms with Crippen LogP contribution < -0.4 is 0 Å². The van der Waals surface area contributed by atoms with E-state index in [1.54, 1.807) is 23.1 Å². The van der Waals surface area contributed by atoms with E-state index < -0.39 is 0 Å². The Balaban J connectivity index is 2.19. The molecule has 0 radical (unpaired) electrons. The van der Waals surface area contributed by atoms with Gasteiger partial charge >= 0.3 is 0 Å². The Morgan fingerprint density at radius 3 is 2.77 bits per heavy atom. The van der Waals surface area contributed by atoms with Gasteiger partial charge < -0.3 is 0 Å². The molecule has 1 heterocycles. The topological polar surface area (TPSA) is 0 Å². The van der Waals surface area contributed by atoms with Crippen molar-refractivity contribution >= 4 is 39.0 Å². The first-order valence-corrected chi connectivity index (χ1v) is 6.30. The Bertz CT molecular complexity index is 382. The molecule has 0 atom stereocenters. The van der Waals surface area contributed by atoms with Gasteiger partial charge in [-0.25, -0.2) is 0 Å². The van der Waals surface area contributed by atoms with Gasteiger partial charge in [0.1, 0.15) is 0 Å². The molecule has 2 rings (SSSR count). The smallest absolute Gasteiger partial charge is 0.0646 e. The molecule has 1 aromatic carbocycles. The second-order valence-corrected chi connectivity index (χ2v) is 5.73. The van der Waals surface area contributed by atoms with Gasteiger partial charge in [0.15, 0.2) is 0 Å². The molecule has 0 bridgehead atoms. The van der Waals surface area contributed by atoms with Crippen LogP contribution in [-0.4, -0.2) is 0 Å². The highest BCUT2D eigenvalue weighted by Gasteiger charge is 1.97. The first-order chi connectivity index (χ1) is 6.34. The molecule has 0 aliphatic rings. The molecule has 3 heteroatoms. The molecule has 0 aliphatic carbocycles. The summed E-state index contributed by atoms with van der Waals surface area (Å²) in [5.74, 6) is 0. The van der Waals surface area contributed by atoms with Gasteiger partial charge in [0.05, 0.1) is 4.21 Å². The zero-order valence-electron chi connectivity index (χ0n) is 6.74. The Morgan fingerprint density at radius 1 is 1.15 bits per heavy atom. The van der Waals surface area contributed by atoms with Crippen molar-refractivity contribution in [3.8, 4) is 0 Å². The van der Waals surface area contributed by atoms with Crippen molar-refractivity contribution < 1.29 is 0 Å². The van der Waals surface area contributed by atoms with Gasteiger partial charge in [-0.1, -0.05) is 39.8 Å². The van der Waals surface area contributed by atoms with Gasteiger partial charge in [-0.15, -0.1) is 11.3 Å². The summed E-state index contributed by atoms with van der Waals surface area (Å²) in [4.78, 5) is 1.27. The Labute approximate surface area is 94.1 Å². The van der Waals surface area contributed by atoms with Gasteiger partial charge in [0, 0.05) is 9.37 Å². The lowest BCUT2D eigenvalue weighted by Gasteiger charge is -1.97. The summed E-state index contributed by atoms with van der Waals surface area (Å²) in [6.45, 7) is 0. The summed E-state index contributed by atoms with van der Waals surface area (Å²) in [7, 11) is 0. The summed E-state index contributed by atoms with van der Waals surface area (Å²) >= 11 is 7.02. The number of hydrogen-bond acceptors (Lipinski definition) is 2. The summed E-state index contributed by atoms with van der Waals surface area (Å²) < 4.78 is 2.46. The molecular weight excluding hydrogens is 264 g/mol. The van der Waals surface area contributed by atoms with E-state index in [0.717, 1.165) is 4.47 Å². The maximum Gasteiger partial charge on any atom is 0.0646 e. The van der Waals surface area contributed by atoms with Crippen LogP contribution in [0.5, 0.6) is 0 Å². The van der Waals surface area contributed by atoms with Crippen molar-refractivity contribution in [3.63, 3.8) is 0 Å². The van der Waals surface area contributed by atoms with E-state index >= 15 is 0 Å². The van der Waals surface area contributed by atoms with Gasteiger partial charge in [-0.2, -0.15) is 0 Å². The maximum absolute atomic E-state index is 3.46. The Hall–Kier alpha value is -0.250. The van der Waals surface area contributed by atoms with E-state index in [-0.39, 0.29) is 0 Å². The zero-order valence-corrected chi connectivity index (χ0v) is 9.95. The fourth-order valence-electron chi connectivity index (χ4n) is 0.968. The van der Waals surface area contributed by atoms with Crippen molar-refractivity contribution in [3.05, 3.63) is 46.3 Å². The second kappa shape index (κ2) is 4.31. The molecule has 0 unspecified atom stereocenters. The molecule has 0 N–H and O–H groups in total. The average Bonchev–Trinajstić information content (AvgIpc) is 2.57. The lowest BCUT2D eigenvalue weighted by atomic mass is 10.4. The number of benzene rings is 1. The maximum atomic E-state index is 3.46. The minimum absolute atomic E-state index is 1.13.